The van der Waals surface area contributed by atoms with E-state index >= 15 is 0 Å². The fraction of sp³-hybridized carbons (Fsp3) is 0.143. The van der Waals surface area contributed by atoms with Gasteiger partial charge in [-0.2, -0.15) is 17.5 Å². The van der Waals surface area contributed by atoms with Gasteiger partial charge >= 0.3 is 6.18 Å². The highest BCUT2D eigenvalue weighted by Crippen LogP contribution is 2.43. The van der Waals surface area contributed by atoms with E-state index in [1.54, 1.807) is 6.07 Å². The summed E-state index contributed by atoms with van der Waals surface area (Å²) in [6.07, 6.45) is -4.35. The van der Waals surface area contributed by atoms with E-state index < -0.39 is 11.7 Å². The van der Waals surface area contributed by atoms with Crippen molar-refractivity contribution < 1.29 is 13.2 Å². The Hall–Kier alpha value is -0.820. The van der Waals surface area contributed by atoms with Crippen LogP contribution in [-0.2, 0) is 17.5 Å². The number of fused-ring (bicyclic) bond motifs is 1. The first-order valence-corrected chi connectivity index (χ1v) is 5.04. The molecule has 1 aliphatic rings. The highest BCUT2D eigenvalue weighted by molar-refractivity contribution is 8.01. The molecular formula is C7H3F3N2S2. The molecule has 0 saturated heterocycles. The van der Waals surface area contributed by atoms with Gasteiger partial charge in [0.1, 0.15) is 5.69 Å². The van der Waals surface area contributed by atoms with Gasteiger partial charge in [-0.15, -0.1) is 3.77 Å². The summed E-state index contributed by atoms with van der Waals surface area (Å²) in [6, 6.07) is 3.95. The number of nitrogens with zero attached hydrogens (tertiary/aromatic N) is 2. The average molecular weight is 236 g/mol. The van der Waals surface area contributed by atoms with Crippen molar-refractivity contribution in [2.75, 3.05) is 0 Å². The Balaban J connectivity index is 2.64. The predicted molar refractivity (Wildman–Crippen MR) is 49.2 cm³/mol. The van der Waals surface area contributed by atoms with Crippen molar-refractivity contribution in [3.8, 4) is 0 Å². The van der Waals surface area contributed by atoms with Crippen LogP contribution in [0.3, 0.4) is 0 Å². The van der Waals surface area contributed by atoms with Crippen molar-refractivity contribution in [3.63, 3.8) is 0 Å². The third-order valence-electron chi connectivity index (χ3n) is 1.61. The molecule has 1 aliphatic heterocycles. The first-order chi connectivity index (χ1) is 6.59. The molecule has 14 heavy (non-hydrogen) atoms. The van der Waals surface area contributed by atoms with Gasteiger partial charge in [0, 0.05) is 11.9 Å². The predicted octanol–water partition coefficient (Wildman–Crippen LogP) is 3.81. The van der Waals surface area contributed by atoms with Gasteiger partial charge in [0.2, 0.25) is 0 Å². The maximum Gasteiger partial charge on any atom is 0.418 e. The van der Waals surface area contributed by atoms with E-state index in [0.29, 0.717) is 4.90 Å². The van der Waals surface area contributed by atoms with Crippen LogP contribution < -0.4 is 0 Å². The summed E-state index contributed by atoms with van der Waals surface area (Å²) in [5.74, 6) is 0. The Morgan fingerprint density at radius 2 is 2.00 bits per heavy atom. The van der Waals surface area contributed by atoms with Gasteiger partial charge in [-0.1, -0.05) is 6.07 Å². The molecular weight excluding hydrogens is 233 g/mol. The molecule has 7 heteroatoms. The molecule has 0 radical (unpaired) electrons. The molecule has 0 atom stereocenters. The SMILES string of the molecule is FC(F)(F)c1cccc2c1N=S=NS2. The van der Waals surface area contributed by atoms with Crippen molar-refractivity contribution in [2.24, 2.45) is 8.13 Å². The van der Waals surface area contributed by atoms with Gasteiger partial charge in [-0.25, -0.2) is 0 Å². The Bertz CT molecular complexity index is 435. The molecule has 0 spiro atoms. The summed E-state index contributed by atoms with van der Waals surface area (Å²) >= 11 is 1.79. The van der Waals surface area contributed by atoms with Gasteiger partial charge in [-0.3, -0.25) is 0 Å². The Morgan fingerprint density at radius 1 is 1.21 bits per heavy atom. The van der Waals surface area contributed by atoms with Crippen LogP contribution in [0.2, 0.25) is 0 Å². The third-order valence-corrected chi connectivity index (χ3v) is 2.96. The Labute approximate surface area is 85.5 Å². The van der Waals surface area contributed by atoms with E-state index in [-0.39, 0.29) is 5.69 Å². The smallest absolute Gasteiger partial charge is 0.173 e. The van der Waals surface area contributed by atoms with Gasteiger partial charge in [0.25, 0.3) is 0 Å². The molecule has 0 amide bonds. The summed E-state index contributed by atoms with van der Waals surface area (Å²) in [5.41, 5.74) is -0.727. The first-order valence-electron chi connectivity index (χ1n) is 3.54. The molecule has 1 aromatic rings. The monoisotopic (exact) mass is 236 g/mol. The molecule has 0 aromatic heterocycles. The summed E-state index contributed by atoms with van der Waals surface area (Å²) in [5, 5.41) is 0. The Kier molecular flexibility index (Phi) is 2.36. The largest absolute Gasteiger partial charge is 0.418 e. The van der Waals surface area contributed by atoms with E-state index in [1.165, 1.54) is 6.07 Å². The summed E-state index contributed by atoms with van der Waals surface area (Å²) in [6.45, 7) is 0. The number of hydrogen-bond acceptors (Lipinski definition) is 3. The highest BCUT2D eigenvalue weighted by Gasteiger charge is 2.34. The van der Waals surface area contributed by atoms with Crippen LogP contribution in [0.4, 0.5) is 18.9 Å². The van der Waals surface area contributed by atoms with E-state index in [2.05, 4.69) is 8.13 Å². The minimum atomic E-state index is -4.35. The van der Waals surface area contributed by atoms with Crippen LogP contribution in [0, 0.1) is 0 Å². The summed E-state index contributed by atoms with van der Waals surface area (Å²) in [7, 11) is 0. The van der Waals surface area contributed by atoms with E-state index in [9.17, 15) is 13.2 Å². The summed E-state index contributed by atoms with van der Waals surface area (Å²) in [4.78, 5) is 0.443. The van der Waals surface area contributed by atoms with Crippen LogP contribution in [0.1, 0.15) is 5.56 Å². The first kappa shape index (κ1) is 9.72. The number of hydrogen-bond donors (Lipinski definition) is 0. The van der Waals surface area contributed by atoms with Crippen LogP contribution >= 0.6 is 11.9 Å². The Morgan fingerprint density at radius 3 is 2.71 bits per heavy atom. The van der Waals surface area contributed by atoms with Gasteiger partial charge in [0.15, 0.2) is 0 Å². The lowest BCUT2D eigenvalue weighted by Gasteiger charge is -2.11. The highest BCUT2D eigenvalue weighted by atomic mass is 32.2. The van der Waals surface area contributed by atoms with E-state index in [4.69, 9.17) is 0 Å². The van der Waals surface area contributed by atoms with E-state index in [0.717, 1.165) is 29.4 Å². The molecule has 2 rings (SSSR count). The molecule has 1 aromatic carbocycles. The van der Waals surface area contributed by atoms with Crippen LogP contribution in [0.15, 0.2) is 31.2 Å². The second kappa shape index (κ2) is 3.39. The fourth-order valence-corrected chi connectivity index (χ4v) is 2.34. The molecule has 2 nitrogen and oxygen atoms in total. The molecule has 0 fully saturated rings. The van der Waals surface area contributed by atoms with Gasteiger partial charge in [-0.05, 0) is 12.1 Å². The average Bonchev–Trinajstić information content (AvgIpc) is 2.15. The maximum atomic E-state index is 12.5. The fourth-order valence-electron chi connectivity index (χ4n) is 1.03. The standard InChI is InChI=1S/C7H3F3N2S2/c8-7(9,10)4-2-1-3-5-6(4)11-14-12-13-5/h1-3H. The number of halogens is 3. The topological polar surface area (TPSA) is 24.7 Å². The quantitative estimate of drug-likeness (QED) is 0.629. The lowest BCUT2D eigenvalue weighted by Crippen LogP contribution is -2.05. The minimum absolute atomic E-state index is 0.0231. The normalized spacial score (nSPS) is 14.8. The molecule has 0 bridgehead atoms. The van der Waals surface area contributed by atoms with Crippen molar-refractivity contribution in [1.29, 1.82) is 0 Å². The molecule has 74 valence electrons. The van der Waals surface area contributed by atoms with Crippen LogP contribution in [0.5, 0.6) is 0 Å². The summed E-state index contributed by atoms with van der Waals surface area (Å²) < 4.78 is 44.8. The second-order valence-corrected chi connectivity index (χ2v) is 4.05. The molecule has 1 heterocycles. The minimum Gasteiger partial charge on any atom is -0.173 e. The van der Waals surface area contributed by atoms with Crippen molar-refractivity contribution in [3.05, 3.63) is 23.8 Å². The number of rotatable bonds is 0. The number of alkyl halides is 3. The maximum absolute atomic E-state index is 12.5. The van der Waals surface area contributed by atoms with E-state index in [1.807, 2.05) is 0 Å². The molecule has 0 N–H and O–H groups in total. The zero-order valence-electron chi connectivity index (χ0n) is 6.58. The molecule has 0 unspecified atom stereocenters. The lowest BCUT2D eigenvalue weighted by atomic mass is 10.2. The van der Waals surface area contributed by atoms with Gasteiger partial charge in [0.05, 0.1) is 21.8 Å². The van der Waals surface area contributed by atoms with Crippen LogP contribution in [-0.4, -0.2) is 0 Å². The lowest BCUT2D eigenvalue weighted by molar-refractivity contribution is -0.137. The molecule has 0 aliphatic carbocycles. The number of benzene rings is 1. The van der Waals surface area contributed by atoms with Crippen molar-refractivity contribution in [1.82, 2.24) is 0 Å². The second-order valence-electron chi connectivity index (χ2n) is 2.49. The van der Waals surface area contributed by atoms with Gasteiger partial charge < -0.3 is 0 Å². The molecule has 0 saturated carbocycles. The van der Waals surface area contributed by atoms with Crippen molar-refractivity contribution in [2.45, 2.75) is 11.1 Å². The zero-order valence-corrected chi connectivity index (χ0v) is 8.21. The zero-order chi connectivity index (χ0) is 10.2. The van der Waals surface area contributed by atoms with Crippen molar-refractivity contribution >= 4 is 29.0 Å². The third kappa shape index (κ3) is 1.69. The van der Waals surface area contributed by atoms with Crippen LogP contribution in [0.25, 0.3) is 0 Å².